The monoisotopic (exact) mass is 352 g/mol. The zero-order valence-corrected chi connectivity index (χ0v) is 14.6. The van der Waals surface area contributed by atoms with Crippen LogP contribution in [-0.4, -0.2) is 47.7 Å². The Hall–Kier alpha value is -2.35. The maximum absolute atomic E-state index is 12.2. The first-order valence-electron chi connectivity index (χ1n) is 8.22. The maximum atomic E-state index is 12.2. The highest BCUT2D eigenvalue weighted by Crippen LogP contribution is 2.51. The standard InChI is InChI=1S/C17H24N2O6/c1-4-24-12-10-17(15(22)23,16(12,2)3)19-13(20)7-8-18-14(21)11-6-5-9-25-11/h5-6,9,12H,4,7-8,10H2,1-3H3,(H,18,21)(H,19,20)(H,22,23). The summed E-state index contributed by atoms with van der Waals surface area (Å²) in [5, 5.41) is 14.8. The van der Waals surface area contributed by atoms with E-state index < -0.39 is 28.7 Å². The van der Waals surface area contributed by atoms with Crippen LogP contribution in [0.25, 0.3) is 0 Å². The zero-order chi connectivity index (χ0) is 18.7. The number of nitrogens with one attached hydrogen (secondary N) is 2. The molecule has 1 aliphatic carbocycles. The van der Waals surface area contributed by atoms with Gasteiger partial charge in [0.25, 0.3) is 5.91 Å². The molecule has 1 saturated carbocycles. The van der Waals surface area contributed by atoms with Crippen molar-refractivity contribution in [2.45, 2.75) is 45.3 Å². The Morgan fingerprint density at radius 1 is 1.40 bits per heavy atom. The van der Waals surface area contributed by atoms with Gasteiger partial charge in [-0.15, -0.1) is 0 Å². The molecule has 0 aliphatic heterocycles. The van der Waals surface area contributed by atoms with Crippen LogP contribution in [0.15, 0.2) is 22.8 Å². The van der Waals surface area contributed by atoms with E-state index in [0.717, 1.165) is 0 Å². The molecule has 2 rings (SSSR count). The summed E-state index contributed by atoms with van der Waals surface area (Å²) >= 11 is 0. The summed E-state index contributed by atoms with van der Waals surface area (Å²) in [4.78, 5) is 35.7. The number of rotatable bonds is 8. The molecule has 8 heteroatoms. The number of hydrogen-bond acceptors (Lipinski definition) is 5. The van der Waals surface area contributed by atoms with E-state index in [-0.39, 0.29) is 31.3 Å². The van der Waals surface area contributed by atoms with Gasteiger partial charge >= 0.3 is 5.97 Å². The van der Waals surface area contributed by atoms with Crippen LogP contribution in [0, 0.1) is 5.41 Å². The van der Waals surface area contributed by atoms with Gasteiger partial charge in [-0.05, 0) is 19.1 Å². The van der Waals surface area contributed by atoms with Crippen molar-refractivity contribution in [2.75, 3.05) is 13.2 Å². The van der Waals surface area contributed by atoms with Gasteiger partial charge in [-0.25, -0.2) is 4.79 Å². The fourth-order valence-electron chi connectivity index (χ4n) is 3.12. The van der Waals surface area contributed by atoms with Crippen molar-refractivity contribution < 1.29 is 28.6 Å². The SMILES string of the molecule is CCOC1CC(NC(=O)CCNC(=O)c2ccco2)(C(=O)O)C1(C)C. The molecule has 0 radical (unpaired) electrons. The van der Waals surface area contributed by atoms with Crippen LogP contribution in [0.1, 0.15) is 44.2 Å². The molecule has 1 aromatic heterocycles. The largest absolute Gasteiger partial charge is 0.479 e. The van der Waals surface area contributed by atoms with Crippen LogP contribution in [0.2, 0.25) is 0 Å². The van der Waals surface area contributed by atoms with Crippen LogP contribution < -0.4 is 10.6 Å². The van der Waals surface area contributed by atoms with Crippen LogP contribution in [0.3, 0.4) is 0 Å². The summed E-state index contributed by atoms with van der Waals surface area (Å²) in [6.45, 7) is 5.94. The normalized spacial score (nSPS) is 24.2. The lowest BCUT2D eigenvalue weighted by Gasteiger charge is -2.58. The number of hydrogen-bond donors (Lipinski definition) is 3. The molecule has 1 fully saturated rings. The lowest BCUT2D eigenvalue weighted by Crippen LogP contribution is -2.76. The first-order chi connectivity index (χ1) is 11.7. The molecular weight excluding hydrogens is 328 g/mol. The Kier molecular flexibility index (Phi) is 5.52. The highest BCUT2D eigenvalue weighted by Gasteiger charge is 2.66. The number of carboxylic acids is 1. The molecule has 1 heterocycles. The average molecular weight is 352 g/mol. The van der Waals surface area contributed by atoms with Gasteiger partial charge in [0.2, 0.25) is 5.91 Å². The van der Waals surface area contributed by atoms with E-state index in [1.54, 1.807) is 19.9 Å². The van der Waals surface area contributed by atoms with E-state index in [2.05, 4.69) is 10.6 Å². The molecule has 138 valence electrons. The molecule has 0 aromatic carbocycles. The van der Waals surface area contributed by atoms with Crippen LogP contribution in [0.4, 0.5) is 0 Å². The topological polar surface area (TPSA) is 118 Å². The summed E-state index contributed by atoms with van der Waals surface area (Å²) in [5.41, 5.74) is -2.10. The van der Waals surface area contributed by atoms with Gasteiger partial charge in [-0.3, -0.25) is 9.59 Å². The molecule has 8 nitrogen and oxygen atoms in total. The molecular formula is C17H24N2O6. The van der Waals surface area contributed by atoms with E-state index in [1.165, 1.54) is 12.3 Å². The van der Waals surface area contributed by atoms with Gasteiger partial charge in [0.15, 0.2) is 5.76 Å². The number of carboxylic acid groups (broad SMARTS) is 1. The Morgan fingerprint density at radius 2 is 2.12 bits per heavy atom. The maximum Gasteiger partial charge on any atom is 0.330 e. The lowest BCUT2D eigenvalue weighted by atomic mass is 9.54. The molecule has 0 bridgehead atoms. The number of carbonyl (C=O) groups is 3. The second kappa shape index (κ2) is 7.26. The number of amides is 2. The first-order valence-corrected chi connectivity index (χ1v) is 8.22. The molecule has 1 aliphatic rings. The molecule has 0 spiro atoms. The van der Waals surface area contributed by atoms with Gasteiger partial charge in [0, 0.05) is 31.4 Å². The van der Waals surface area contributed by atoms with Crippen molar-refractivity contribution in [1.82, 2.24) is 10.6 Å². The minimum absolute atomic E-state index is 0.0309. The van der Waals surface area contributed by atoms with Crippen LogP contribution >= 0.6 is 0 Å². The minimum Gasteiger partial charge on any atom is -0.479 e. The van der Waals surface area contributed by atoms with Gasteiger partial charge in [-0.2, -0.15) is 0 Å². The Balaban J connectivity index is 1.89. The van der Waals surface area contributed by atoms with E-state index in [9.17, 15) is 19.5 Å². The molecule has 0 saturated heterocycles. The number of aliphatic carboxylic acids is 1. The van der Waals surface area contributed by atoms with E-state index in [4.69, 9.17) is 9.15 Å². The van der Waals surface area contributed by atoms with E-state index in [1.807, 2.05) is 6.92 Å². The van der Waals surface area contributed by atoms with Crippen molar-refractivity contribution in [3.8, 4) is 0 Å². The second-order valence-corrected chi connectivity index (χ2v) is 6.61. The summed E-state index contributed by atoms with van der Waals surface area (Å²) < 4.78 is 10.5. The molecule has 25 heavy (non-hydrogen) atoms. The third-order valence-corrected chi connectivity index (χ3v) is 4.86. The fraction of sp³-hybridized carbons (Fsp3) is 0.588. The van der Waals surface area contributed by atoms with Crippen molar-refractivity contribution in [3.05, 3.63) is 24.2 Å². The van der Waals surface area contributed by atoms with Gasteiger partial charge in [0.05, 0.1) is 12.4 Å². The summed E-state index contributed by atoms with van der Waals surface area (Å²) in [5.74, 6) is -1.79. The summed E-state index contributed by atoms with van der Waals surface area (Å²) in [6.07, 6.45) is 1.34. The lowest BCUT2D eigenvalue weighted by molar-refractivity contribution is -0.194. The number of furan rings is 1. The van der Waals surface area contributed by atoms with Crippen LogP contribution in [0.5, 0.6) is 0 Å². The summed E-state index contributed by atoms with van der Waals surface area (Å²) in [6, 6.07) is 3.10. The minimum atomic E-state index is -1.37. The predicted molar refractivity (Wildman–Crippen MR) is 88.0 cm³/mol. The fourth-order valence-corrected chi connectivity index (χ4v) is 3.12. The van der Waals surface area contributed by atoms with Crippen LogP contribution in [-0.2, 0) is 14.3 Å². The molecule has 2 unspecified atom stereocenters. The van der Waals surface area contributed by atoms with Gasteiger partial charge < -0.3 is 24.9 Å². The smallest absolute Gasteiger partial charge is 0.330 e. The van der Waals surface area contributed by atoms with Gasteiger partial charge in [0.1, 0.15) is 5.54 Å². The number of ether oxygens (including phenoxy) is 1. The Morgan fingerprint density at radius 3 is 2.64 bits per heavy atom. The molecule has 1 aromatic rings. The zero-order valence-electron chi connectivity index (χ0n) is 14.6. The predicted octanol–water partition coefficient (Wildman–Crippen LogP) is 1.17. The highest BCUT2D eigenvalue weighted by molar-refractivity contribution is 5.92. The van der Waals surface area contributed by atoms with Crippen molar-refractivity contribution in [2.24, 2.45) is 5.41 Å². The first kappa shape index (κ1) is 19.0. The number of carbonyl (C=O) groups excluding carboxylic acids is 2. The third kappa shape index (κ3) is 3.53. The average Bonchev–Trinajstić information content (AvgIpc) is 3.07. The van der Waals surface area contributed by atoms with Crippen molar-refractivity contribution in [3.63, 3.8) is 0 Å². The van der Waals surface area contributed by atoms with Crippen molar-refractivity contribution >= 4 is 17.8 Å². The Labute approximate surface area is 145 Å². The second-order valence-electron chi connectivity index (χ2n) is 6.61. The van der Waals surface area contributed by atoms with Crippen molar-refractivity contribution in [1.29, 1.82) is 0 Å². The quantitative estimate of drug-likeness (QED) is 0.646. The summed E-state index contributed by atoms with van der Waals surface area (Å²) in [7, 11) is 0. The molecule has 3 N–H and O–H groups in total. The highest BCUT2D eigenvalue weighted by atomic mass is 16.5. The molecule has 2 atom stereocenters. The van der Waals surface area contributed by atoms with Gasteiger partial charge in [-0.1, -0.05) is 13.8 Å². The van der Waals surface area contributed by atoms with E-state index >= 15 is 0 Å². The van der Waals surface area contributed by atoms with E-state index in [0.29, 0.717) is 6.61 Å². The Bertz CT molecular complexity index is 640. The molecule has 2 amide bonds. The third-order valence-electron chi connectivity index (χ3n) is 4.86.